The molecule has 0 aliphatic carbocycles. The van der Waals surface area contributed by atoms with Crippen LogP contribution in [-0.2, 0) is 6.54 Å². The highest BCUT2D eigenvalue weighted by Gasteiger charge is 2.21. The number of nitro groups is 1. The van der Waals surface area contributed by atoms with E-state index >= 15 is 0 Å². The van der Waals surface area contributed by atoms with Gasteiger partial charge >= 0.3 is 0 Å². The number of nitrogens with zero attached hydrogens (tertiary/aromatic N) is 5. The first-order valence-corrected chi connectivity index (χ1v) is 9.81. The average Bonchev–Trinajstić information content (AvgIpc) is 3.40. The van der Waals surface area contributed by atoms with Gasteiger partial charge in [0.2, 0.25) is 0 Å². The van der Waals surface area contributed by atoms with Crippen molar-refractivity contribution in [3.05, 3.63) is 82.9 Å². The summed E-state index contributed by atoms with van der Waals surface area (Å²) in [4.78, 5) is 33.9. The smallest absolute Gasteiger partial charge is 0.269 e. The molecule has 0 spiro atoms. The third kappa shape index (κ3) is 4.14. The van der Waals surface area contributed by atoms with E-state index in [-0.39, 0.29) is 11.6 Å². The summed E-state index contributed by atoms with van der Waals surface area (Å²) in [5.41, 5.74) is 1.18. The van der Waals surface area contributed by atoms with E-state index in [1.165, 1.54) is 35.6 Å². The summed E-state index contributed by atoms with van der Waals surface area (Å²) >= 11 is 1.45. The van der Waals surface area contributed by atoms with Crippen LogP contribution in [0.15, 0.2) is 67.3 Å². The van der Waals surface area contributed by atoms with E-state index in [4.69, 9.17) is 0 Å². The molecule has 1 amide bonds. The second-order valence-electron chi connectivity index (χ2n) is 6.38. The second-order valence-corrected chi connectivity index (χ2v) is 7.39. The fraction of sp³-hybridized carbons (Fsp3) is 0.150. The Balaban J connectivity index is 1.60. The summed E-state index contributed by atoms with van der Waals surface area (Å²) in [7, 11) is 0. The number of carbonyl (C=O) groups is 1. The lowest BCUT2D eigenvalue weighted by atomic mass is 10.2. The van der Waals surface area contributed by atoms with Crippen molar-refractivity contribution in [1.82, 2.24) is 14.5 Å². The Bertz CT molecular complexity index is 1110. The molecule has 0 atom stereocenters. The van der Waals surface area contributed by atoms with E-state index in [1.54, 1.807) is 17.4 Å². The predicted octanol–water partition coefficient (Wildman–Crippen LogP) is 4.14. The number of aryl methyl sites for hydroxylation is 1. The highest BCUT2D eigenvalue weighted by molar-refractivity contribution is 7.22. The Morgan fingerprint density at radius 2 is 1.97 bits per heavy atom. The summed E-state index contributed by atoms with van der Waals surface area (Å²) < 4.78 is 2.95. The van der Waals surface area contributed by atoms with Crippen molar-refractivity contribution in [1.29, 1.82) is 0 Å². The first-order valence-electron chi connectivity index (χ1n) is 8.99. The Labute approximate surface area is 170 Å². The maximum absolute atomic E-state index is 13.2. The lowest BCUT2D eigenvalue weighted by molar-refractivity contribution is -0.384. The van der Waals surface area contributed by atoms with Crippen molar-refractivity contribution < 1.29 is 9.72 Å². The molecule has 146 valence electrons. The van der Waals surface area contributed by atoms with Gasteiger partial charge in [-0.05, 0) is 30.7 Å². The molecule has 0 N–H and O–H groups in total. The monoisotopic (exact) mass is 407 g/mol. The SMILES string of the molecule is O=C(c1ccc([N+](=O)[O-])cc1)N(CCCn1ccnc1)c1nc2ccccc2s1. The number of anilines is 1. The van der Waals surface area contributed by atoms with Gasteiger partial charge in [-0.3, -0.25) is 19.8 Å². The molecule has 9 heteroatoms. The Hall–Kier alpha value is -3.59. The zero-order valence-corrected chi connectivity index (χ0v) is 16.2. The first-order chi connectivity index (χ1) is 14.1. The fourth-order valence-corrected chi connectivity index (χ4v) is 3.96. The third-order valence-corrected chi connectivity index (χ3v) is 5.50. The van der Waals surface area contributed by atoms with Crippen molar-refractivity contribution >= 4 is 38.3 Å². The molecule has 2 aromatic heterocycles. The number of hydrogen-bond acceptors (Lipinski definition) is 6. The molecule has 4 rings (SSSR count). The van der Waals surface area contributed by atoms with Gasteiger partial charge in [-0.25, -0.2) is 9.97 Å². The van der Waals surface area contributed by atoms with Gasteiger partial charge < -0.3 is 4.57 Å². The lowest BCUT2D eigenvalue weighted by Crippen LogP contribution is -2.32. The molecule has 0 saturated carbocycles. The van der Waals surface area contributed by atoms with Gasteiger partial charge in [-0.15, -0.1) is 0 Å². The molecule has 2 aromatic carbocycles. The lowest BCUT2D eigenvalue weighted by Gasteiger charge is -2.20. The minimum Gasteiger partial charge on any atom is -0.337 e. The van der Waals surface area contributed by atoms with Crippen LogP contribution in [0.3, 0.4) is 0 Å². The molecule has 29 heavy (non-hydrogen) atoms. The molecule has 4 aromatic rings. The van der Waals surface area contributed by atoms with Gasteiger partial charge in [0.25, 0.3) is 11.6 Å². The first kappa shape index (κ1) is 18.8. The van der Waals surface area contributed by atoms with Gasteiger partial charge in [-0.2, -0.15) is 0 Å². The summed E-state index contributed by atoms with van der Waals surface area (Å²) in [5, 5.41) is 11.5. The number of para-hydroxylation sites is 1. The van der Waals surface area contributed by atoms with Crippen LogP contribution >= 0.6 is 11.3 Å². The van der Waals surface area contributed by atoms with Crippen LogP contribution in [0.5, 0.6) is 0 Å². The van der Waals surface area contributed by atoms with Crippen molar-refractivity contribution in [2.75, 3.05) is 11.4 Å². The highest BCUT2D eigenvalue weighted by Crippen LogP contribution is 2.30. The van der Waals surface area contributed by atoms with E-state index in [2.05, 4.69) is 9.97 Å². The fourth-order valence-electron chi connectivity index (χ4n) is 2.97. The van der Waals surface area contributed by atoms with Gasteiger partial charge in [-0.1, -0.05) is 23.5 Å². The van der Waals surface area contributed by atoms with E-state index in [1.807, 2.05) is 35.0 Å². The van der Waals surface area contributed by atoms with Crippen LogP contribution in [0.4, 0.5) is 10.8 Å². The van der Waals surface area contributed by atoms with Crippen LogP contribution in [-0.4, -0.2) is 31.9 Å². The number of rotatable bonds is 7. The van der Waals surface area contributed by atoms with Crippen LogP contribution in [0.1, 0.15) is 16.8 Å². The van der Waals surface area contributed by atoms with E-state index in [0.29, 0.717) is 23.7 Å². The summed E-state index contributed by atoms with van der Waals surface area (Å²) in [5.74, 6) is -0.232. The number of aromatic nitrogens is 3. The highest BCUT2D eigenvalue weighted by atomic mass is 32.1. The van der Waals surface area contributed by atoms with Crippen molar-refractivity contribution in [2.24, 2.45) is 0 Å². The van der Waals surface area contributed by atoms with Crippen molar-refractivity contribution in [3.8, 4) is 0 Å². The molecule has 2 heterocycles. The second kappa shape index (κ2) is 8.19. The normalized spacial score (nSPS) is 10.9. The largest absolute Gasteiger partial charge is 0.337 e. The summed E-state index contributed by atoms with van der Waals surface area (Å²) in [6, 6.07) is 13.4. The number of benzene rings is 2. The molecular formula is C20H17N5O3S. The number of imidazole rings is 1. The number of carbonyl (C=O) groups excluding carboxylic acids is 1. The van der Waals surface area contributed by atoms with E-state index < -0.39 is 4.92 Å². The van der Waals surface area contributed by atoms with Crippen LogP contribution in [0, 0.1) is 10.1 Å². The van der Waals surface area contributed by atoms with Crippen LogP contribution < -0.4 is 4.90 Å². The molecule has 0 unspecified atom stereocenters. The Morgan fingerprint density at radius 1 is 1.17 bits per heavy atom. The number of hydrogen-bond donors (Lipinski definition) is 0. The van der Waals surface area contributed by atoms with E-state index in [0.717, 1.165) is 16.8 Å². The minimum absolute atomic E-state index is 0.0480. The topological polar surface area (TPSA) is 94.2 Å². The molecule has 0 fully saturated rings. The average molecular weight is 407 g/mol. The molecule has 0 saturated heterocycles. The quantitative estimate of drug-likeness (QED) is 0.339. The van der Waals surface area contributed by atoms with Crippen LogP contribution in [0.2, 0.25) is 0 Å². The molecule has 0 aliphatic heterocycles. The maximum Gasteiger partial charge on any atom is 0.269 e. The molecule has 0 aliphatic rings. The van der Waals surface area contributed by atoms with Crippen molar-refractivity contribution in [3.63, 3.8) is 0 Å². The molecule has 0 bridgehead atoms. The van der Waals surface area contributed by atoms with E-state index in [9.17, 15) is 14.9 Å². The third-order valence-electron chi connectivity index (χ3n) is 4.44. The van der Waals surface area contributed by atoms with Gasteiger partial charge in [0.05, 0.1) is 21.5 Å². The number of amides is 1. The molecule has 8 nitrogen and oxygen atoms in total. The van der Waals surface area contributed by atoms with Crippen LogP contribution in [0.25, 0.3) is 10.2 Å². The number of nitro benzene ring substituents is 1. The summed E-state index contributed by atoms with van der Waals surface area (Å²) in [6.07, 6.45) is 6.04. The van der Waals surface area contributed by atoms with Gasteiger partial charge in [0, 0.05) is 43.2 Å². The number of fused-ring (bicyclic) bond motifs is 1. The summed E-state index contributed by atoms with van der Waals surface area (Å²) in [6.45, 7) is 1.18. The van der Waals surface area contributed by atoms with Gasteiger partial charge in [0.1, 0.15) is 0 Å². The Morgan fingerprint density at radius 3 is 2.66 bits per heavy atom. The van der Waals surface area contributed by atoms with Crippen molar-refractivity contribution in [2.45, 2.75) is 13.0 Å². The van der Waals surface area contributed by atoms with Gasteiger partial charge in [0.15, 0.2) is 5.13 Å². The minimum atomic E-state index is -0.481. The number of thiazole rings is 1. The zero-order chi connectivity index (χ0) is 20.2. The predicted molar refractivity (Wildman–Crippen MR) is 111 cm³/mol. The molecule has 0 radical (unpaired) electrons. The Kier molecular flexibility index (Phi) is 5.30. The number of non-ortho nitro benzene ring substituents is 1. The maximum atomic E-state index is 13.2. The standard InChI is InChI=1S/C20H17N5O3S/c26-19(15-6-8-16(9-7-15)25(27)28)24(12-3-11-23-13-10-21-14-23)20-22-17-4-1-2-5-18(17)29-20/h1-2,4-10,13-14H,3,11-12H2. The zero-order valence-electron chi connectivity index (χ0n) is 15.3. The molecular weight excluding hydrogens is 390 g/mol.